The first-order valence-electron chi connectivity index (χ1n) is 5.52. The van der Waals surface area contributed by atoms with E-state index in [2.05, 4.69) is 20.0 Å². The molecular weight excluding hydrogens is 368 g/mol. The van der Waals surface area contributed by atoms with E-state index in [1.54, 1.807) is 26.4 Å². The van der Waals surface area contributed by atoms with Crippen molar-refractivity contribution in [1.82, 2.24) is 0 Å². The molecule has 0 saturated carbocycles. The Morgan fingerprint density at radius 1 is 1.00 bits per heavy atom. The van der Waals surface area contributed by atoms with Gasteiger partial charge >= 0.3 is 33.9 Å². The van der Waals surface area contributed by atoms with Crippen LogP contribution < -0.4 is 9.47 Å². The summed E-state index contributed by atoms with van der Waals surface area (Å²) in [4.78, 5) is 0. The molecule has 0 aromatic heterocycles. The first-order chi connectivity index (χ1) is 10.8. The average Bonchev–Trinajstić information content (AvgIpc) is 3.15. The minimum atomic E-state index is -0.434. The van der Waals surface area contributed by atoms with E-state index in [0.29, 0.717) is 29.7 Å². The van der Waals surface area contributed by atoms with Gasteiger partial charge in [0.15, 0.2) is 6.29 Å². The van der Waals surface area contributed by atoms with Crippen LogP contribution in [0.5, 0.6) is 11.5 Å². The van der Waals surface area contributed by atoms with E-state index in [4.69, 9.17) is 44.5 Å². The van der Waals surface area contributed by atoms with Crippen molar-refractivity contribution in [3.05, 3.63) is 42.7 Å². The fourth-order valence-corrected chi connectivity index (χ4v) is 1.84. The maximum absolute atomic E-state index is 7.50. The van der Waals surface area contributed by atoms with Gasteiger partial charge in [0, 0.05) is 29.0 Å². The maximum atomic E-state index is 7.50. The molecule has 124 valence electrons. The molecular formula is C14H13ClCrO7. The van der Waals surface area contributed by atoms with Crippen LogP contribution in [0.1, 0.15) is 11.9 Å². The zero-order chi connectivity index (χ0) is 17.5. The fraction of sp³-hybridized carbons (Fsp3) is 0.357. The minimum absolute atomic E-state index is 0. The summed E-state index contributed by atoms with van der Waals surface area (Å²) in [5.41, 5.74) is 0.732. The summed E-state index contributed by atoms with van der Waals surface area (Å²) < 4.78 is 43.6. The van der Waals surface area contributed by atoms with Gasteiger partial charge in [0.05, 0.1) is 32.5 Å². The predicted molar refractivity (Wildman–Crippen MR) is 71.0 cm³/mol. The van der Waals surface area contributed by atoms with Crippen molar-refractivity contribution in [2.75, 3.05) is 27.4 Å². The first-order valence-corrected chi connectivity index (χ1v) is 5.90. The summed E-state index contributed by atoms with van der Waals surface area (Å²) >= 11 is 6.18. The summed E-state index contributed by atoms with van der Waals surface area (Å²) in [6.07, 6.45) is -0.434. The smallest absolute Gasteiger partial charge is 0 e. The molecule has 0 bridgehead atoms. The molecule has 0 radical (unpaired) electrons. The topological polar surface area (TPSA) is 96.6 Å². The predicted octanol–water partition coefficient (Wildman–Crippen LogP) is 2.29. The normalized spacial score (nSPS) is 11.7. The van der Waals surface area contributed by atoms with Crippen LogP contribution >= 0.6 is 11.6 Å². The largest absolute Gasteiger partial charge is 0 e. The molecule has 1 fully saturated rings. The van der Waals surface area contributed by atoms with E-state index in [0.717, 1.165) is 5.56 Å². The third-order valence-corrected chi connectivity index (χ3v) is 2.78. The van der Waals surface area contributed by atoms with Gasteiger partial charge in [-0.1, -0.05) is 11.6 Å². The quantitative estimate of drug-likeness (QED) is 0.593. The number of benzene rings is 1. The van der Waals surface area contributed by atoms with Gasteiger partial charge in [0.25, 0.3) is 0 Å². The maximum Gasteiger partial charge on any atom is 0 e. The van der Waals surface area contributed by atoms with E-state index >= 15 is 0 Å². The third-order valence-electron chi connectivity index (χ3n) is 2.37. The van der Waals surface area contributed by atoms with E-state index in [1.165, 1.54) is 0 Å². The molecule has 7 nitrogen and oxygen atoms in total. The monoisotopic (exact) mass is 380 g/mol. The average molecular weight is 381 g/mol. The van der Waals surface area contributed by atoms with Crippen molar-refractivity contribution in [3.8, 4) is 11.5 Å². The number of methoxy groups -OCH3 is 2. The molecule has 1 aromatic rings. The van der Waals surface area contributed by atoms with E-state index in [-0.39, 0.29) is 17.4 Å². The van der Waals surface area contributed by atoms with Gasteiger partial charge in [0.1, 0.15) is 11.5 Å². The van der Waals surface area contributed by atoms with Crippen molar-refractivity contribution < 1.29 is 50.3 Å². The van der Waals surface area contributed by atoms with Crippen molar-refractivity contribution in [2.24, 2.45) is 0 Å². The number of hydrogen-bond acceptors (Lipinski definition) is 4. The second kappa shape index (κ2) is 17.1. The Hall–Kier alpha value is -1.22. The van der Waals surface area contributed by atoms with E-state index < -0.39 is 6.29 Å². The summed E-state index contributed by atoms with van der Waals surface area (Å²) in [7, 11) is 3.14. The number of halogens is 1. The SMILES string of the molecule is COc1cc(OC)c(Cl)c(C2OCCO2)c1.[C-]#[O+].[C-]#[O+].[C-]#[O+].[Cr]. The fourth-order valence-electron chi connectivity index (χ4n) is 1.57. The zero-order valence-corrected chi connectivity index (χ0v) is 14.3. The summed E-state index contributed by atoms with van der Waals surface area (Å²) in [6.45, 7) is 14.6. The molecule has 1 aliphatic heterocycles. The molecule has 0 unspecified atom stereocenters. The van der Waals surface area contributed by atoms with Gasteiger partial charge < -0.3 is 18.9 Å². The molecule has 0 N–H and O–H groups in total. The molecule has 1 saturated heterocycles. The van der Waals surface area contributed by atoms with Crippen molar-refractivity contribution in [3.63, 3.8) is 0 Å². The molecule has 0 amide bonds. The number of ether oxygens (including phenoxy) is 4. The summed E-state index contributed by atoms with van der Waals surface area (Å²) in [5.74, 6) is 1.21. The molecule has 1 heterocycles. The van der Waals surface area contributed by atoms with Crippen LogP contribution in [-0.4, -0.2) is 27.4 Å². The van der Waals surface area contributed by atoms with Gasteiger partial charge in [-0.05, 0) is 6.07 Å². The molecule has 2 rings (SSSR count). The standard InChI is InChI=1S/C11H13ClO4.3CO.Cr/c1-13-7-5-8(11-15-3-4-16-11)10(12)9(6-7)14-2;3*1-2;/h5-6,11H,3-4H2,1-2H3;;;;. The molecule has 1 aliphatic rings. The third kappa shape index (κ3) is 8.27. The second-order valence-electron chi connectivity index (χ2n) is 3.31. The minimum Gasteiger partial charge on any atom is 0 e. The molecule has 9 heteroatoms. The zero-order valence-electron chi connectivity index (χ0n) is 12.3. The summed E-state index contributed by atoms with van der Waals surface area (Å²) in [5, 5.41) is 0.496. The van der Waals surface area contributed by atoms with Crippen LogP contribution in [0.25, 0.3) is 0 Å². The molecule has 23 heavy (non-hydrogen) atoms. The van der Waals surface area contributed by atoms with Crippen LogP contribution in [0.4, 0.5) is 0 Å². The molecule has 0 spiro atoms. The first kappa shape index (κ1) is 26.7. The van der Waals surface area contributed by atoms with Gasteiger partial charge in [0.2, 0.25) is 0 Å². The number of hydrogen-bond donors (Lipinski definition) is 0. The Labute approximate surface area is 150 Å². The van der Waals surface area contributed by atoms with Crippen LogP contribution in [-0.2, 0) is 40.8 Å². The van der Waals surface area contributed by atoms with Gasteiger partial charge in [-0.25, -0.2) is 0 Å². The van der Waals surface area contributed by atoms with Crippen molar-refractivity contribution in [2.45, 2.75) is 6.29 Å². The Morgan fingerprint density at radius 2 is 1.48 bits per heavy atom. The van der Waals surface area contributed by atoms with Gasteiger partial charge in [-0.15, -0.1) is 0 Å². The second-order valence-corrected chi connectivity index (χ2v) is 3.68. The Kier molecular flexibility index (Phi) is 19.9. The molecule has 0 atom stereocenters. The Morgan fingerprint density at radius 3 is 1.87 bits per heavy atom. The van der Waals surface area contributed by atoms with Crippen LogP contribution in [0.2, 0.25) is 5.02 Å². The van der Waals surface area contributed by atoms with Crippen molar-refractivity contribution in [1.29, 1.82) is 0 Å². The van der Waals surface area contributed by atoms with Crippen LogP contribution in [0, 0.1) is 20.0 Å². The van der Waals surface area contributed by atoms with E-state index in [1.807, 2.05) is 0 Å². The Balaban J connectivity index is -0.000000514. The van der Waals surface area contributed by atoms with Gasteiger partial charge in [-0.3, -0.25) is 0 Å². The van der Waals surface area contributed by atoms with Crippen LogP contribution in [0.3, 0.4) is 0 Å². The molecule has 1 aromatic carbocycles. The Bertz CT molecular complexity index is 482. The van der Waals surface area contributed by atoms with Gasteiger partial charge in [-0.2, -0.15) is 0 Å². The van der Waals surface area contributed by atoms with Crippen LogP contribution in [0.15, 0.2) is 12.1 Å². The van der Waals surface area contributed by atoms with Crippen molar-refractivity contribution >= 4 is 11.6 Å². The number of rotatable bonds is 3. The summed E-state index contributed by atoms with van der Waals surface area (Å²) in [6, 6.07) is 3.52. The van der Waals surface area contributed by atoms with E-state index in [9.17, 15) is 0 Å². The molecule has 0 aliphatic carbocycles.